The van der Waals surface area contributed by atoms with Crippen LogP contribution in [0.15, 0.2) is 36.4 Å². The number of esters is 2. The molecule has 280 valence electrons. The first-order valence-electron chi connectivity index (χ1n) is 15.1. The molecule has 2 aromatic rings. The quantitative estimate of drug-likeness (QED) is 0.0641. The second kappa shape index (κ2) is 17.0. The van der Waals surface area contributed by atoms with E-state index in [1.807, 2.05) is 0 Å². The Morgan fingerprint density at radius 3 is 1.67 bits per heavy atom. The molecule has 19 nitrogen and oxygen atoms in total. The molecule has 2 heterocycles. The maximum Gasteiger partial charge on any atom is 0.333 e. The third-order valence-electron chi connectivity index (χ3n) is 7.82. The monoisotopic (exact) mass is 726 g/mol. The Morgan fingerprint density at radius 1 is 0.667 bits per heavy atom. The fourth-order valence-electron chi connectivity index (χ4n) is 5.04. The van der Waals surface area contributed by atoms with Gasteiger partial charge >= 0.3 is 11.9 Å². The molecule has 0 amide bonds. The summed E-state index contributed by atoms with van der Waals surface area (Å²) in [6.45, 7) is -1.52. The molecule has 2 aromatic carbocycles. The molecule has 2 aliphatic rings. The smallest absolute Gasteiger partial charge is 0.333 e. The largest absolute Gasteiger partial charge is 0.504 e. The highest BCUT2D eigenvalue weighted by Gasteiger charge is 2.49. The number of rotatable bonds is 12. The van der Waals surface area contributed by atoms with E-state index in [0.29, 0.717) is 0 Å². The van der Waals surface area contributed by atoms with Crippen LogP contribution in [0.5, 0.6) is 34.5 Å². The molecule has 0 aliphatic carbocycles. The predicted molar refractivity (Wildman–Crippen MR) is 167 cm³/mol. The Kier molecular flexibility index (Phi) is 13.0. The highest BCUT2D eigenvalue weighted by molar-refractivity contribution is 5.88. The van der Waals surface area contributed by atoms with Gasteiger partial charge in [0.15, 0.2) is 35.4 Å². The Balaban J connectivity index is 1.44. The zero-order valence-electron chi connectivity index (χ0n) is 27.0. The van der Waals surface area contributed by atoms with Crippen LogP contribution in [0, 0.1) is 0 Å². The maximum atomic E-state index is 12.7. The zero-order chi connectivity index (χ0) is 37.6. The lowest BCUT2D eigenvalue weighted by atomic mass is 9.98. The molecule has 10 atom stereocenters. The number of hydrogen-bond donors (Lipinski definition) is 10. The first-order valence-corrected chi connectivity index (χ1v) is 15.1. The first kappa shape index (κ1) is 39.1. The molecule has 2 aliphatic heterocycles. The maximum absolute atomic E-state index is 12.7. The van der Waals surface area contributed by atoms with Crippen molar-refractivity contribution in [1.82, 2.24) is 0 Å². The number of aliphatic hydroxyl groups excluding tert-OH is 6. The van der Waals surface area contributed by atoms with Crippen molar-refractivity contribution in [3.8, 4) is 34.5 Å². The van der Waals surface area contributed by atoms with Crippen molar-refractivity contribution in [2.45, 2.75) is 61.4 Å². The summed E-state index contributed by atoms with van der Waals surface area (Å²) >= 11 is 0. The summed E-state index contributed by atoms with van der Waals surface area (Å²) in [6.07, 6.45) is -13.6. The fraction of sp³-hybridized carbons (Fsp3) is 0.438. The second-order valence-corrected chi connectivity index (χ2v) is 11.2. The third-order valence-corrected chi connectivity index (χ3v) is 7.82. The van der Waals surface area contributed by atoms with Gasteiger partial charge in [-0.1, -0.05) is 0 Å². The molecule has 4 rings (SSSR count). The van der Waals surface area contributed by atoms with E-state index in [4.69, 9.17) is 33.2 Å². The minimum atomic E-state index is -1.94. The number of aliphatic hydroxyl groups is 6. The number of carbonyl (C=O) groups is 2. The predicted octanol–water partition coefficient (Wildman–Crippen LogP) is -2.03. The van der Waals surface area contributed by atoms with Gasteiger partial charge in [0.1, 0.15) is 42.7 Å². The van der Waals surface area contributed by atoms with Crippen LogP contribution in [0.4, 0.5) is 0 Å². The van der Waals surface area contributed by atoms with E-state index in [2.05, 4.69) is 0 Å². The number of phenols is 4. The third kappa shape index (κ3) is 9.16. The van der Waals surface area contributed by atoms with Gasteiger partial charge in [0, 0.05) is 12.2 Å². The van der Waals surface area contributed by atoms with Gasteiger partial charge in [-0.2, -0.15) is 0 Å². The number of phenolic OH excluding ortho intramolecular Hbond substituents is 4. The minimum Gasteiger partial charge on any atom is -0.504 e. The lowest BCUT2D eigenvalue weighted by molar-refractivity contribution is -0.327. The Labute approximate surface area is 288 Å². The van der Waals surface area contributed by atoms with Gasteiger partial charge in [0.05, 0.1) is 27.4 Å². The number of carbonyl (C=O) groups excluding carboxylic acids is 2. The summed E-state index contributed by atoms with van der Waals surface area (Å²) in [5.41, 5.74) is 0.403. The van der Waals surface area contributed by atoms with Crippen LogP contribution in [0.3, 0.4) is 0 Å². The van der Waals surface area contributed by atoms with Gasteiger partial charge in [-0.15, -0.1) is 0 Å². The number of benzene rings is 2. The summed E-state index contributed by atoms with van der Waals surface area (Å²) < 4.78 is 36.8. The highest BCUT2D eigenvalue weighted by Crippen LogP contribution is 2.38. The fourth-order valence-corrected chi connectivity index (χ4v) is 5.04. The molecule has 51 heavy (non-hydrogen) atoms. The van der Waals surface area contributed by atoms with E-state index in [0.717, 1.165) is 24.3 Å². The van der Waals surface area contributed by atoms with Crippen molar-refractivity contribution >= 4 is 24.1 Å². The summed E-state index contributed by atoms with van der Waals surface area (Å²) in [6, 6.07) is 4.82. The lowest BCUT2D eigenvalue weighted by Gasteiger charge is -2.43. The van der Waals surface area contributed by atoms with Crippen molar-refractivity contribution in [2.24, 2.45) is 0 Å². The number of ether oxygens (including phenoxy) is 7. The van der Waals surface area contributed by atoms with Gasteiger partial charge in [0.2, 0.25) is 17.8 Å². The topological polar surface area (TPSA) is 301 Å². The molecule has 10 N–H and O–H groups in total. The molecule has 0 saturated carbocycles. The van der Waals surface area contributed by atoms with E-state index in [1.165, 1.54) is 38.5 Å². The van der Waals surface area contributed by atoms with Crippen molar-refractivity contribution in [3.63, 3.8) is 0 Å². The molecule has 0 aromatic heterocycles. The summed E-state index contributed by atoms with van der Waals surface area (Å²) in [5.74, 6) is -4.53. The summed E-state index contributed by atoms with van der Waals surface area (Å²) in [5, 5.41) is 101. The number of hydrogen-bond acceptors (Lipinski definition) is 19. The van der Waals surface area contributed by atoms with Crippen LogP contribution in [0.2, 0.25) is 0 Å². The van der Waals surface area contributed by atoms with Crippen LogP contribution < -0.4 is 9.47 Å². The Bertz CT molecular complexity index is 1590. The van der Waals surface area contributed by atoms with Crippen LogP contribution >= 0.6 is 0 Å². The van der Waals surface area contributed by atoms with Crippen molar-refractivity contribution in [2.75, 3.05) is 27.4 Å². The average Bonchev–Trinajstić information content (AvgIpc) is 3.11. The van der Waals surface area contributed by atoms with E-state index in [9.17, 15) is 60.7 Å². The summed E-state index contributed by atoms with van der Waals surface area (Å²) in [7, 11) is 2.48. The van der Waals surface area contributed by atoms with Crippen molar-refractivity contribution in [3.05, 3.63) is 47.5 Å². The minimum absolute atomic E-state index is 0.0898. The van der Waals surface area contributed by atoms with Gasteiger partial charge in [-0.3, -0.25) is 0 Å². The van der Waals surface area contributed by atoms with E-state index < -0.39 is 110 Å². The molecule has 0 spiro atoms. The van der Waals surface area contributed by atoms with E-state index >= 15 is 0 Å². The van der Waals surface area contributed by atoms with Crippen LogP contribution in [-0.4, -0.2) is 152 Å². The summed E-state index contributed by atoms with van der Waals surface area (Å²) in [4.78, 5) is 25.2. The van der Waals surface area contributed by atoms with Crippen LogP contribution in [0.25, 0.3) is 12.2 Å². The Hall–Kier alpha value is -4.70. The molecular weight excluding hydrogens is 688 g/mol. The molecule has 0 bridgehead atoms. The molecule has 0 radical (unpaired) electrons. The van der Waals surface area contributed by atoms with Crippen LogP contribution in [0.1, 0.15) is 11.1 Å². The average molecular weight is 727 g/mol. The van der Waals surface area contributed by atoms with Gasteiger partial charge < -0.3 is 84.2 Å². The molecular formula is C32H38O19. The normalized spacial score (nSPS) is 29.6. The number of aromatic hydroxyl groups is 4. The SMILES string of the molecule is COc1cc(C=CC(=O)O[C@@H]2O[C@H](CO[C@@H]3O[C@H](CO)[C@@H](O)[C@H](O)[C@H]3OC(=O)C=Cc3cc(O)c(O)c(OC)c3)[C@@H](O)[C@H](O)[C@H]2O)cc(O)c1O. The number of methoxy groups -OCH3 is 2. The molecule has 2 fully saturated rings. The first-order chi connectivity index (χ1) is 24.2. The molecule has 19 heteroatoms. The standard InChI is InChI=1S/C32H38O19/c1-45-17-9-13(7-15(34)23(17)38)3-5-21(36)50-30-28(43)25(40)19(11-33)48-32(30)47-12-20-26(41)27(42)29(44)31(49-20)51-22(37)6-4-14-8-16(35)24(39)18(10-14)46-2/h3-10,19-20,25-35,38-44H,11-12H2,1-2H3/t19-,20-,25-,26-,27+,28+,29-,30-,31+,32-/m1/s1. The highest BCUT2D eigenvalue weighted by atomic mass is 16.7. The van der Waals surface area contributed by atoms with Gasteiger partial charge in [0.25, 0.3) is 0 Å². The molecule has 2 saturated heterocycles. The Morgan fingerprint density at radius 2 is 1.16 bits per heavy atom. The van der Waals surface area contributed by atoms with Crippen molar-refractivity contribution in [1.29, 1.82) is 0 Å². The van der Waals surface area contributed by atoms with Crippen molar-refractivity contribution < 1.29 is 93.8 Å². The van der Waals surface area contributed by atoms with Gasteiger partial charge in [-0.05, 0) is 47.5 Å². The van der Waals surface area contributed by atoms with E-state index in [-0.39, 0.29) is 22.6 Å². The molecule has 0 unspecified atom stereocenters. The second-order valence-electron chi connectivity index (χ2n) is 11.2. The lowest BCUT2D eigenvalue weighted by Crippen LogP contribution is -2.62. The zero-order valence-corrected chi connectivity index (χ0v) is 27.0. The van der Waals surface area contributed by atoms with E-state index in [1.54, 1.807) is 0 Å². The van der Waals surface area contributed by atoms with Crippen LogP contribution in [-0.2, 0) is 33.3 Å². The van der Waals surface area contributed by atoms with Gasteiger partial charge in [-0.25, -0.2) is 9.59 Å².